The van der Waals surface area contributed by atoms with Crippen molar-refractivity contribution in [3.63, 3.8) is 0 Å². The van der Waals surface area contributed by atoms with Crippen molar-refractivity contribution in [1.82, 2.24) is 4.98 Å². The Morgan fingerprint density at radius 3 is 2.96 bits per heavy atom. The molecule has 0 radical (unpaired) electrons. The number of anilines is 2. The van der Waals surface area contributed by atoms with Gasteiger partial charge in [0.05, 0.1) is 10.4 Å². The summed E-state index contributed by atoms with van der Waals surface area (Å²) < 4.78 is 5.70. The van der Waals surface area contributed by atoms with Gasteiger partial charge >= 0.3 is 0 Å². The van der Waals surface area contributed by atoms with E-state index in [4.69, 9.17) is 4.74 Å². The summed E-state index contributed by atoms with van der Waals surface area (Å²) in [5.41, 5.74) is 1.35. The van der Waals surface area contributed by atoms with Crippen LogP contribution in [0.3, 0.4) is 0 Å². The van der Waals surface area contributed by atoms with Crippen LogP contribution in [-0.2, 0) is 0 Å². The van der Waals surface area contributed by atoms with Crippen molar-refractivity contribution in [3.8, 4) is 11.6 Å². The molecule has 0 saturated heterocycles. The highest BCUT2D eigenvalue weighted by Gasteiger charge is 2.22. The average molecular weight is 337 g/mol. The van der Waals surface area contributed by atoms with Gasteiger partial charge in [0, 0.05) is 11.9 Å². The smallest absolute Gasteiger partial charge is 0.265 e. The summed E-state index contributed by atoms with van der Waals surface area (Å²) in [6, 6.07) is 11.9. The Morgan fingerprint density at radius 1 is 1.21 bits per heavy atom. The molecule has 6 nitrogen and oxygen atoms in total. The van der Waals surface area contributed by atoms with Crippen molar-refractivity contribution in [2.24, 2.45) is 0 Å². The van der Waals surface area contributed by atoms with Crippen molar-refractivity contribution < 1.29 is 14.3 Å². The molecule has 0 fully saturated rings. The second kappa shape index (κ2) is 5.78. The van der Waals surface area contributed by atoms with Crippen molar-refractivity contribution >= 4 is 34.5 Å². The van der Waals surface area contributed by atoms with Gasteiger partial charge in [-0.15, -0.1) is 11.3 Å². The van der Waals surface area contributed by atoms with E-state index in [1.54, 1.807) is 42.6 Å². The number of carbonyl (C=O) groups excluding carboxylic acids is 2. The molecule has 0 atom stereocenters. The number of ether oxygens (including phenoxy) is 1. The zero-order valence-electron chi connectivity index (χ0n) is 12.3. The number of rotatable bonds is 2. The minimum Gasteiger partial charge on any atom is -0.436 e. The van der Waals surface area contributed by atoms with Gasteiger partial charge in [0.2, 0.25) is 5.88 Å². The SMILES string of the molecule is O=C(Nc1ccc2c(c1)C(=O)Nc1cccnc1O2)c1cccs1. The molecule has 118 valence electrons. The number of fused-ring (bicyclic) bond motifs is 2. The van der Waals surface area contributed by atoms with Crippen LogP contribution in [0.5, 0.6) is 11.6 Å². The van der Waals surface area contributed by atoms with Crippen LogP contribution in [0.15, 0.2) is 54.0 Å². The lowest BCUT2D eigenvalue weighted by atomic mass is 10.1. The quantitative estimate of drug-likeness (QED) is 0.746. The Balaban J connectivity index is 1.65. The van der Waals surface area contributed by atoms with Crippen molar-refractivity contribution in [2.45, 2.75) is 0 Å². The maximum atomic E-state index is 12.4. The average Bonchev–Trinajstić information content (AvgIpc) is 3.08. The van der Waals surface area contributed by atoms with Crippen LogP contribution in [0.2, 0.25) is 0 Å². The molecule has 3 heterocycles. The fourth-order valence-corrected chi connectivity index (χ4v) is 2.95. The van der Waals surface area contributed by atoms with Gasteiger partial charge in [0.1, 0.15) is 11.4 Å². The summed E-state index contributed by atoms with van der Waals surface area (Å²) in [5, 5.41) is 7.36. The van der Waals surface area contributed by atoms with E-state index in [0.29, 0.717) is 33.4 Å². The monoisotopic (exact) mass is 337 g/mol. The lowest BCUT2D eigenvalue weighted by Crippen LogP contribution is -2.13. The lowest BCUT2D eigenvalue weighted by molar-refractivity contribution is 0.101. The highest BCUT2D eigenvalue weighted by atomic mass is 32.1. The fraction of sp³-hybridized carbons (Fsp3) is 0. The zero-order chi connectivity index (χ0) is 16.5. The number of pyridine rings is 1. The molecule has 1 aromatic carbocycles. The van der Waals surface area contributed by atoms with E-state index in [1.807, 2.05) is 11.4 Å². The molecular weight excluding hydrogens is 326 g/mol. The standard InChI is InChI=1S/C17H11N3O3S/c21-15-11-9-10(19-16(22)14-4-2-8-24-14)5-6-13(11)23-17-12(20-15)3-1-7-18-17/h1-9H,(H,19,22)(H,20,21). The topological polar surface area (TPSA) is 80.3 Å². The maximum absolute atomic E-state index is 12.4. The molecule has 3 aromatic rings. The first-order valence-electron chi connectivity index (χ1n) is 7.14. The van der Waals surface area contributed by atoms with Gasteiger partial charge < -0.3 is 15.4 Å². The van der Waals surface area contributed by atoms with Gasteiger partial charge in [-0.1, -0.05) is 6.07 Å². The highest BCUT2D eigenvalue weighted by Crippen LogP contribution is 2.34. The number of aromatic nitrogens is 1. The molecule has 0 spiro atoms. The molecule has 0 bridgehead atoms. The molecule has 24 heavy (non-hydrogen) atoms. The largest absolute Gasteiger partial charge is 0.436 e. The molecule has 0 aliphatic carbocycles. The number of hydrogen-bond acceptors (Lipinski definition) is 5. The summed E-state index contributed by atoms with van der Waals surface area (Å²) in [7, 11) is 0. The van der Waals surface area contributed by atoms with Crippen LogP contribution >= 0.6 is 11.3 Å². The third-order valence-corrected chi connectivity index (χ3v) is 4.32. The number of nitrogens with zero attached hydrogens (tertiary/aromatic N) is 1. The van der Waals surface area contributed by atoms with Gasteiger partial charge in [-0.3, -0.25) is 9.59 Å². The van der Waals surface area contributed by atoms with Crippen LogP contribution in [0.1, 0.15) is 20.0 Å². The fourth-order valence-electron chi connectivity index (χ4n) is 2.34. The van der Waals surface area contributed by atoms with Crippen molar-refractivity contribution in [1.29, 1.82) is 0 Å². The second-order valence-electron chi connectivity index (χ2n) is 5.05. The normalized spacial score (nSPS) is 12.2. The Kier molecular flexibility index (Phi) is 3.47. The van der Waals surface area contributed by atoms with Gasteiger partial charge in [-0.05, 0) is 41.8 Å². The molecule has 2 amide bonds. The molecular formula is C17H11N3O3S. The van der Waals surface area contributed by atoms with E-state index in [2.05, 4.69) is 15.6 Å². The van der Waals surface area contributed by atoms with Crippen molar-refractivity contribution in [2.75, 3.05) is 10.6 Å². The minimum absolute atomic E-state index is 0.218. The first-order valence-corrected chi connectivity index (χ1v) is 8.02. The maximum Gasteiger partial charge on any atom is 0.265 e. The molecule has 0 saturated carbocycles. The summed E-state index contributed by atoms with van der Waals surface area (Å²) in [5.74, 6) is 0.188. The third-order valence-electron chi connectivity index (χ3n) is 3.45. The van der Waals surface area contributed by atoms with Crippen molar-refractivity contribution in [3.05, 3.63) is 64.5 Å². The van der Waals surface area contributed by atoms with Crippen LogP contribution in [0, 0.1) is 0 Å². The van der Waals surface area contributed by atoms with E-state index < -0.39 is 0 Å². The third kappa shape index (κ3) is 2.61. The number of benzene rings is 1. The number of amides is 2. The van der Waals surface area contributed by atoms with E-state index in [9.17, 15) is 9.59 Å². The second-order valence-corrected chi connectivity index (χ2v) is 6.00. The Bertz CT molecular complexity index is 938. The molecule has 4 rings (SSSR count). The Morgan fingerprint density at radius 2 is 2.12 bits per heavy atom. The minimum atomic E-state index is -0.316. The number of thiophene rings is 1. The van der Waals surface area contributed by atoms with Crippen LogP contribution in [-0.4, -0.2) is 16.8 Å². The van der Waals surface area contributed by atoms with Crippen LogP contribution < -0.4 is 15.4 Å². The van der Waals surface area contributed by atoms with E-state index in [1.165, 1.54) is 11.3 Å². The van der Waals surface area contributed by atoms with E-state index >= 15 is 0 Å². The summed E-state index contributed by atoms with van der Waals surface area (Å²) in [6.45, 7) is 0. The summed E-state index contributed by atoms with van der Waals surface area (Å²) in [4.78, 5) is 29.2. The molecule has 2 aromatic heterocycles. The van der Waals surface area contributed by atoms with Crippen LogP contribution in [0.4, 0.5) is 11.4 Å². The zero-order valence-corrected chi connectivity index (χ0v) is 13.1. The molecule has 2 N–H and O–H groups in total. The van der Waals surface area contributed by atoms with Gasteiger partial charge in [0.25, 0.3) is 11.8 Å². The van der Waals surface area contributed by atoms with E-state index in [-0.39, 0.29) is 11.8 Å². The number of hydrogen-bond donors (Lipinski definition) is 2. The number of carbonyl (C=O) groups is 2. The van der Waals surface area contributed by atoms with E-state index in [0.717, 1.165) is 0 Å². The number of nitrogens with one attached hydrogen (secondary N) is 2. The first-order chi connectivity index (χ1) is 11.7. The molecule has 1 aliphatic rings. The summed E-state index contributed by atoms with van der Waals surface area (Å²) in [6.07, 6.45) is 1.59. The van der Waals surface area contributed by atoms with Gasteiger partial charge in [0.15, 0.2) is 0 Å². The Hall–Kier alpha value is -3.19. The first kappa shape index (κ1) is 14.4. The highest BCUT2D eigenvalue weighted by molar-refractivity contribution is 7.12. The predicted molar refractivity (Wildman–Crippen MR) is 91.0 cm³/mol. The lowest BCUT2D eigenvalue weighted by Gasteiger charge is -2.09. The molecule has 7 heteroatoms. The summed E-state index contributed by atoms with van der Waals surface area (Å²) >= 11 is 1.35. The van der Waals surface area contributed by atoms with Crippen LogP contribution in [0.25, 0.3) is 0 Å². The molecule has 1 aliphatic heterocycles. The van der Waals surface area contributed by atoms with Gasteiger partial charge in [-0.25, -0.2) is 4.98 Å². The Labute approximate surface area is 141 Å². The molecule has 0 unspecified atom stereocenters. The van der Waals surface area contributed by atoms with Gasteiger partial charge in [-0.2, -0.15) is 0 Å². The predicted octanol–water partition coefficient (Wildman–Crippen LogP) is 3.75.